The van der Waals surface area contributed by atoms with Gasteiger partial charge in [-0.25, -0.2) is 8.78 Å². The van der Waals surface area contributed by atoms with E-state index in [0.29, 0.717) is 30.4 Å². The molecule has 0 radical (unpaired) electrons. The van der Waals surface area contributed by atoms with Crippen molar-refractivity contribution in [3.8, 4) is 0 Å². The van der Waals surface area contributed by atoms with E-state index in [2.05, 4.69) is 11.6 Å². The molecule has 2 atom stereocenters. The first-order valence-corrected chi connectivity index (χ1v) is 17.0. The van der Waals surface area contributed by atoms with Gasteiger partial charge in [0.25, 0.3) is 0 Å². The minimum atomic E-state index is -1.62. The number of Topliss-reactive ketones (excluding diaryl/α,β-unsaturated/α-hetero) is 1. The van der Waals surface area contributed by atoms with Crippen LogP contribution in [0.3, 0.4) is 0 Å². The van der Waals surface area contributed by atoms with Crippen molar-refractivity contribution in [3.63, 3.8) is 0 Å². The van der Waals surface area contributed by atoms with Crippen LogP contribution in [0.1, 0.15) is 60.6 Å². The van der Waals surface area contributed by atoms with Gasteiger partial charge in [0, 0.05) is 24.8 Å². The van der Waals surface area contributed by atoms with Crippen LogP contribution >= 0.6 is 35.1 Å². The van der Waals surface area contributed by atoms with E-state index in [9.17, 15) is 28.3 Å². The number of esters is 1. The maximum absolute atomic E-state index is 12.6. The number of aliphatic carboxylic acids is 1. The standard InChI is InChI=1S/C12H13FO3.C11H13FO3.ClH3IP/c1-16-12(15)4-2-3-11(14)9-5-7-10(13)8-6-9;12-9-6-4-8(5-7-9)10(13)2-1-3-11(14)15;1-2-3/h5-8H,2-4H2,1H3;4-7,10,13H,1-3H2,(H,14,15);2H,3H2/t;10-;/m.0./s1/i;;2D. The number of ether oxygens (including phenoxy) is 1. The van der Waals surface area contributed by atoms with Gasteiger partial charge in [-0.05, 0) is 61.2 Å². The van der Waals surface area contributed by atoms with Crippen molar-refractivity contribution in [2.75, 3.05) is 7.11 Å². The van der Waals surface area contributed by atoms with E-state index >= 15 is 0 Å². The second kappa shape index (κ2) is 19.6. The molecular formula is C23H29ClF2IO6P. The summed E-state index contributed by atoms with van der Waals surface area (Å²) in [6.45, 7) is 2.25. The number of benzene rings is 2. The summed E-state index contributed by atoms with van der Waals surface area (Å²) in [5.41, 5.74) is 1.08. The number of hydrogen-bond donors (Lipinski definition) is 2. The van der Waals surface area contributed by atoms with Crippen molar-refractivity contribution < 1.29 is 38.1 Å². The third-order valence-electron chi connectivity index (χ3n) is 4.30. The second-order valence-electron chi connectivity index (χ2n) is 6.80. The van der Waals surface area contributed by atoms with Crippen molar-refractivity contribution in [3.05, 3.63) is 71.3 Å². The van der Waals surface area contributed by atoms with Gasteiger partial charge in [0.2, 0.25) is 0 Å². The van der Waals surface area contributed by atoms with Crippen LogP contribution in [0.25, 0.3) is 0 Å². The molecule has 0 spiro atoms. The first kappa shape index (κ1) is 30.4. The third kappa shape index (κ3) is 16.0. The van der Waals surface area contributed by atoms with E-state index in [-0.39, 0.29) is 42.6 Å². The van der Waals surface area contributed by atoms with E-state index in [1.807, 2.05) is 0 Å². The molecule has 2 aromatic rings. The number of ketones is 1. The number of rotatable bonds is 10. The normalized spacial score (nSPS) is 11.5. The average Bonchev–Trinajstić information content (AvgIpc) is 2.79. The van der Waals surface area contributed by atoms with Gasteiger partial charge in [-0.3, -0.25) is 14.4 Å². The molecular weight excluding hydrogens is 604 g/mol. The Morgan fingerprint density at radius 2 is 1.53 bits per heavy atom. The summed E-state index contributed by atoms with van der Waals surface area (Å²) >= 11 is -1.62. The average molecular weight is 634 g/mol. The van der Waals surface area contributed by atoms with Crippen LogP contribution in [0.15, 0.2) is 48.5 Å². The van der Waals surface area contributed by atoms with E-state index in [1.165, 1.54) is 55.6 Å². The molecule has 0 fully saturated rings. The zero-order valence-corrected chi connectivity index (χ0v) is 22.6. The van der Waals surface area contributed by atoms with Crippen LogP contribution in [-0.2, 0) is 14.3 Å². The van der Waals surface area contributed by atoms with Gasteiger partial charge >= 0.3 is 47.7 Å². The van der Waals surface area contributed by atoms with Gasteiger partial charge in [0.15, 0.2) is 5.78 Å². The summed E-state index contributed by atoms with van der Waals surface area (Å²) in [5.74, 6) is -2.01. The molecule has 0 heterocycles. The van der Waals surface area contributed by atoms with Gasteiger partial charge in [-0.2, -0.15) is 0 Å². The number of halogens is 4. The Morgan fingerprint density at radius 1 is 1.03 bits per heavy atom. The first-order chi connectivity index (χ1) is 16.5. The van der Waals surface area contributed by atoms with Gasteiger partial charge in [-0.1, -0.05) is 12.1 Å². The summed E-state index contributed by atoms with van der Waals surface area (Å²) in [6, 6.07) is 10.9. The van der Waals surface area contributed by atoms with Crippen LogP contribution in [0.2, 0.25) is 0 Å². The molecule has 0 aliphatic rings. The van der Waals surface area contributed by atoms with Crippen LogP contribution < -0.4 is 0 Å². The van der Waals surface area contributed by atoms with Crippen molar-refractivity contribution in [1.29, 1.82) is 0.594 Å². The minimum absolute atomic E-state index is 0.0399. The molecule has 0 bridgehead atoms. The van der Waals surface area contributed by atoms with Crippen molar-refractivity contribution in [2.24, 2.45) is 0 Å². The first-order valence-electron chi connectivity index (χ1n) is 10.5. The Bertz CT molecular complexity index is 901. The van der Waals surface area contributed by atoms with E-state index in [1.54, 1.807) is 0 Å². The topological polar surface area (TPSA) is 101 Å². The van der Waals surface area contributed by atoms with Gasteiger partial charge in [0.05, 0.1) is 13.2 Å². The molecule has 1 unspecified atom stereocenters. The molecule has 0 saturated heterocycles. The molecule has 0 saturated carbocycles. The zero-order chi connectivity index (χ0) is 26.8. The van der Waals surface area contributed by atoms with Crippen molar-refractivity contribution in [2.45, 2.75) is 44.6 Å². The fourth-order valence-corrected chi connectivity index (χ4v) is 2.57. The molecule has 0 aromatic heterocycles. The molecule has 2 aromatic carbocycles. The van der Waals surface area contributed by atoms with E-state index < -0.39 is 31.4 Å². The summed E-state index contributed by atoms with van der Waals surface area (Å²) in [6.07, 6.45) is 1.04. The van der Waals surface area contributed by atoms with Crippen molar-refractivity contribution >= 4 is 52.8 Å². The van der Waals surface area contributed by atoms with Gasteiger partial charge < -0.3 is 14.9 Å². The Hall–Kier alpha value is -1.68. The number of aliphatic hydroxyl groups excluding tert-OH is 1. The number of carboxylic acid groups (broad SMARTS) is 1. The number of aliphatic hydroxyl groups is 1. The van der Waals surface area contributed by atoms with Crippen LogP contribution in [0, 0.1) is 11.6 Å². The third-order valence-corrected chi connectivity index (χ3v) is 4.30. The fraction of sp³-hybridized carbons (Fsp3) is 0.348. The SMILES string of the molecule is COC(=O)CCCC(=O)c1ccc(F)cc1.O=C(O)CCC[C@H](O)c1ccc(F)cc1.[2H]I(P)Cl. The maximum atomic E-state index is 12.6. The van der Waals surface area contributed by atoms with E-state index in [4.69, 9.17) is 14.6 Å². The Kier molecular flexibility index (Phi) is 17.5. The molecule has 6 nitrogen and oxygen atoms in total. The molecule has 2 N–H and O–H groups in total. The summed E-state index contributed by atoms with van der Waals surface area (Å²) in [7, 11) is 6.37. The Labute approximate surface area is 214 Å². The number of carbonyl (C=O) groups excluding carboxylic acids is 2. The van der Waals surface area contributed by atoms with Crippen LogP contribution in [-0.4, -0.2) is 35.6 Å². The predicted molar refractivity (Wildman–Crippen MR) is 140 cm³/mol. The number of carboxylic acids is 1. The predicted octanol–water partition coefficient (Wildman–Crippen LogP) is 6.10. The quantitative estimate of drug-likeness (QED) is 0.142. The van der Waals surface area contributed by atoms with Crippen LogP contribution in [0.5, 0.6) is 0 Å². The van der Waals surface area contributed by atoms with E-state index in [0.717, 1.165) is 0 Å². The Balaban J connectivity index is 0.000000574. The summed E-state index contributed by atoms with van der Waals surface area (Å²) in [4.78, 5) is 32.6. The van der Waals surface area contributed by atoms with Crippen molar-refractivity contribution in [1.82, 2.24) is 0 Å². The molecule has 0 amide bonds. The molecule has 34 heavy (non-hydrogen) atoms. The summed E-state index contributed by atoms with van der Waals surface area (Å²) < 4.78 is 36.1. The number of hydrogen-bond acceptors (Lipinski definition) is 5. The summed E-state index contributed by atoms with van der Waals surface area (Å²) in [5, 5.41) is 18.0. The van der Waals surface area contributed by atoms with Crippen LogP contribution in [0.4, 0.5) is 8.78 Å². The zero-order valence-electron chi connectivity index (χ0n) is 19.6. The van der Waals surface area contributed by atoms with Gasteiger partial charge in [-0.15, -0.1) is 0 Å². The van der Waals surface area contributed by atoms with Gasteiger partial charge in [0.1, 0.15) is 11.6 Å². The Morgan fingerprint density at radius 3 is 2.00 bits per heavy atom. The molecule has 2 rings (SSSR count). The number of carbonyl (C=O) groups is 3. The second-order valence-corrected chi connectivity index (χ2v) is 11.7. The number of methoxy groups -OCH3 is 1. The molecule has 190 valence electrons. The monoisotopic (exact) mass is 633 g/mol. The molecule has 0 aliphatic heterocycles. The fourth-order valence-electron chi connectivity index (χ4n) is 2.57. The molecule has 0 aliphatic carbocycles. The molecule has 11 heteroatoms.